The molecule has 2 N–H and O–H groups in total. The number of nitrogens with zero attached hydrogens (tertiary/aromatic N) is 2. The van der Waals surface area contributed by atoms with Gasteiger partial charge in [0.25, 0.3) is 0 Å². The lowest BCUT2D eigenvalue weighted by Gasteiger charge is -2.42. The van der Waals surface area contributed by atoms with Crippen LogP contribution in [0.5, 0.6) is 0 Å². The molecule has 5 unspecified atom stereocenters. The molecule has 6 nitrogen and oxygen atoms in total. The van der Waals surface area contributed by atoms with Crippen molar-refractivity contribution in [1.29, 1.82) is 0 Å². The Bertz CT molecular complexity index is 493. The number of nitrogens with one attached hydrogen (secondary N) is 1. The SMILES string of the molecule is OC1C(NCc2ccncc2)C2COC(O2)C1N1CCCC1. The highest BCUT2D eigenvalue weighted by molar-refractivity contribution is 5.10. The lowest BCUT2D eigenvalue weighted by atomic mass is 9.95. The van der Waals surface area contributed by atoms with E-state index in [1.54, 1.807) is 12.4 Å². The Morgan fingerprint density at radius 3 is 2.82 bits per heavy atom. The maximum atomic E-state index is 10.9. The Balaban J connectivity index is 1.46. The summed E-state index contributed by atoms with van der Waals surface area (Å²) in [6, 6.07) is 3.80. The summed E-state index contributed by atoms with van der Waals surface area (Å²) in [5.41, 5.74) is 1.15. The van der Waals surface area contributed by atoms with Crippen molar-refractivity contribution in [2.75, 3.05) is 19.7 Å². The van der Waals surface area contributed by atoms with Crippen LogP contribution in [-0.2, 0) is 16.0 Å². The second kappa shape index (κ2) is 6.22. The van der Waals surface area contributed by atoms with Crippen LogP contribution in [0.2, 0.25) is 0 Å². The molecule has 0 amide bonds. The average molecular weight is 305 g/mol. The Hall–Kier alpha value is -1.05. The van der Waals surface area contributed by atoms with Gasteiger partial charge >= 0.3 is 0 Å². The molecule has 3 aliphatic rings. The number of hydrogen-bond acceptors (Lipinski definition) is 6. The van der Waals surface area contributed by atoms with E-state index in [9.17, 15) is 5.11 Å². The number of fused-ring (bicyclic) bond motifs is 2. The summed E-state index contributed by atoms with van der Waals surface area (Å²) < 4.78 is 11.8. The summed E-state index contributed by atoms with van der Waals surface area (Å²) in [4.78, 5) is 6.35. The maximum Gasteiger partial charge on any atom is 0.176 e. The minimum Gasteiger partial charge on any atom is -0.390 e. The lowest BCUT2D eigenvalue weighted by Crippen LogP contribution is -2.63. The zero-order valence-corrected chi connectivity index (χ0v) is 12.6. The molecule has 3 fully saturated rings. The van der Waals surface area contributed by atoms with Crippen LogP contribution in [0.4, 0.5) is 0 Å². The number of aliphatic hydroxyl groups is 1. The first-order valence-corrected chi connectivity index (χ1v) is 8.14. The summed E-state index contributed by atoms with van der Waals surface area (Å²) >= 11 is 0. The smallest absolute Gasteiger partial charge is 0.176 e. The Morgan fingerprint density at radius 1 is 1.27 bits per heavy atom. The highest BCUT2D eigenvalue weighted by Crippen LogP contribution is 2.33. The number of ether oxygens (including phenoxy) is 2. The number of likely N-dealkylation sites (tertiary alicyclic amines) is 1. The van der Waals surface area contributed by atoms with Gasteiger partial charge in [0, 0.05) is 18.9 Å². The first-order valence-electron chi connectivity index (χ1n) is 8.14. The van der Waals surface area contributed by atoms with E-state index in [4.69, 9.17) is 9.47 Å². The van der Waals surface area contributed by atoms with Crippen molar-refractivity contribution in [1.82, 2.24) is 15.2 Å². The summed E-state index contributed by atoms with van der Waals surface area (Å²) in [6.45, 7) is 3.29. The van der Waals surface area contributed by atoms with Crippen LogP contribution in [0.1, 0.15) is 18.4 Å². The largest absolute Gasteiger partial charge is 0.390 e. The molecule has 1 aromatic heterocycles. The molecule has 0 radical (unpaired) electrons. The molecule has 5 atom stereocenters. The maximum absolute atomic E-state index is 10.9. The number of hydrogen-bond donors (Lipinski definition) is 2. The molecular formula is C16H23N3O3. The molecular weight excluding hydrogens is 282 g/mol. The zero-order valence-electron chi connectivity index (χ0n) is 12.6. The van der Waals surface area contributed by atoms with Crippen LogP contribution >= 0.6 is 0 Å². The molecule has 3 aliphatic heterocycles. The normalized spacial score (nSPS) is 38.5. The van der Waals surface area contributed by atoms with Crippen molar-refractivity contribution in [2.24, 2.45) is 0 Å². The average Bonchev–Trinajstić information content (AvgIpc) is 3.20. The van der Waals surface area contributed by atoms with Gasteiger partial charge in [-0.05, 0) is 43.6 Å². The second-order valence-corrected chi connectivity index (χ2v) is 6.36. The topological polar surface area (TPSA) is 66.8 Å². The molecule has 0 saturated carbocycles. The highest BCUT2D eigenvalue weighted by Gasteiger charge is 2.52. The lowest BCUT2D eigenvalue weighted by molar-refractivity contribution is -0.179. The predicted molar refractivity (Wildman–Crippen MR) is 80.1 cm³/mol. The molecule has 0 aromatic carbocycles. The van der Waals surface area contributed by atoms with Crippen LogP contribution in [0.3, 0.4) is 0 Å². The summed E-state index contributed by atoms with van der Waals surface area (Å²) in [7, 11) is 0. The van der Waals surface area contributed by atoms with Crippen molar-refractivity contribution in [3.63, 3.8) is 0 Å². The van der Waals surface area contributed by atoms with Gasteiger partial charge in [0.05, 0.1) is 24.8 Å². The number of aromatic nitrogens is 1. The van der Waals surface area contributed by atoms with E-state index in [0.717, 1.165) is 18.7 Å². The molecule has 6 heteroatoms. The number of aliphatic hydroxyl groups excluding tert-OH is 1. The molecule has 4 rings (SSSR count). The molecule has 3 saturated heterocycles. The molecule has 4 heterocycles. The monoisotopic (exact) mass is 305 g/mol. The third kappa shape index (κ3) is 2.66. The van der Waals surface area contributed by atoms with Crippen molar-refractivity contribution in [3.05, 3.63) is 30.1 Å². The van der Waals surface area contributed by atoms with Gasteiger partial charge in [0.2, 0.25) is 0 Å². The molecule has 0 spiro atoms. The van der Waals surface area contributed by atoms with Gasteiger partial charge in [0.15, 0.2) is 6.29 Å². The van der Waals surface area contributed by atoms with Crippen molar-refractivity contribution in [3.8, 4) is 0 Å². The second-order valence-electron chi connectivity index (χ2n) is 6.36. The van der Waals surface area contributed by atoms with Crippen LogP contribution in [-0.4, -0.2) is 65.3 Å². The van der Waals surface area contributed by atoms with Crippen molar-refractivity contribution in [2.45, 2.75) is 50.0 Å². The van der Waals surface area contributed by atoms with E-state index in [1.165, 1.54) is 12.8 Å². The fourth-order valence-corrected chi connectivity index (χ4v) is 3.82. The van der Waals surface area contributed by atoms with E-state index in [2.05, 4.69) is 15.2 Å². The van der Waals surface area contributed by atoms with Crippen LogP contribution in [0, 0.1) is 0 Å². The van der Waals surface area contributed by atoms with E-state index >= 15 is 0 Å². The summed E-state index contributed by atoms with van der Waals surface area (Å²) in [5.74, 6) is 0. The predicted octanol–water partition coefficient (Wildman–Crippen LogP) is 0.120. The minimum atomic E-state index is -0.466. The van der Waals surface area contributed by atoms with Gasteiger partial charge in [-0.1, -0.05) is 0 Å². The van der Waals surface area contributed by atoms with Gasteiger partial charge < -0.3 is 19.9 Å². The minimum absolute atomic E-state index is 0.0591. The standard InChI is InChI=1S/C16H23N3O3/c20-15-13(18-9-11-3-5-17-6-4-11)12-10-21-16(22-12)14(15)19-7-1-2-8-19/h3-6,12-16,18,20H,1-2,7-10H2. The van der Waals surface area contributed by atoms with E-state index in [-0.39, 0.29) is 24.5 Å². The van der Waals surface area contributed by atoms with Crippen LogP contribution in [0.15, 0.2) is 24.5 Å². The third-order valence-corrected chi connectivity index (χ3v) is 4.98. The summed E-state index contributed by atoms with van der Waals surface area (Å²) in [6.07, 6.45) is 5.13. The molecule has 1 aromatic rings. The molecule has 0 aliphatic carbocycles. The Morgan fingerprint density at radius 2 is 2.05 bits per heavy atom. The van der Waals surface area contributed by atoms with Crippen molar-refractivity contribution < 1.29 is 14.6 Å². The Labute approximate surface area is 130 Å². The fourth-order valence-electron chi connectivity index (χ4n) is 3.82. The Kier molecular flexibility index (Phi) is 4.11. The van der Waals surface area contributed by atoms with E-state index in [0.29, 0.717) is 13.2 Å². The fraction of sp³-hybridized carbons (Fsp3) is 0.688. The third-order valence-electron chi connectivity index (χ3n) is 4.98. The van der Waals surface area contributed by atoms with Gasteiger partial charge in [-0.25, -0.2) is 0 Å². The van der Waals surface area contributed by atoms with Crippen LogP contribution < -0.4 is 5.32 Å². The number of pyridine rings is 1. The van der Waals surface area contributed by atoms with E-state index in [1.807, 2.05) is 12.1 Å². The number of rotatable bonds is 4. The van der Waals surface area contributed by atoms with Crippen molar-refractivity contribution >= 4 is 0 Å². The first-order chi connectivity index (χ1) is 10.8. The van der Waals surface area contributed by atoms with Gasteiger partial charge in [-0.15, -0.1) is 0 Å². The summed E-state index contributed by atoms with van der Waals surface area (Å²) in [5, 5.41) is 14.3. The molecule has 2 bridgehead atoms. The van der Waals surface area contributed by atoms with Crippen LogP contribution in [0.25, 0.3) is 0 Å². The molecule has 22 heavy (non-hydrogen) atoms. The molecule has 120 valence electrons. The zero-order chi connectivity index (χ0) is 14.9. The van der Waals surface area contributed by atoms with Gasteiger partial charge in [-0.2, -0.15) is 0 Å². The highest BCUT2D eigenvalue weighted by atomic mass is 16.7. The van der Waals surface area contributed by atoms with Gasteiger partial charge in [0.1, 0.15) is 6.10 Å². The first kappa shape index (κ1) is 14.5. The quantitative estimate of drug-likeness (QED) is 0.824. The van der Waals surface area contributed by atoms with Gasteiger partial charge in [-0.3, -0.25) is 9.88 Å². The van der Waals surface area contributed by atoms with E-state index < -0.39 is 6.10 Å².